The molecule has 15 heavy (non-hydrogen) atoms. The third-order valence-corrected chi connectivity index (χ3v) is 2.40. The highest BCUT2D eigenvalue weighted by molar-refractivity contribution is 5.99. The molecule has 1 aliphatic heterocycles. The molecule has 0 saturated carbocycles. The highest BCUT2D eigenvalue weighted by atomic mass is 16.1. The van der Waals surface area contributed by atoms with Gasteiger partial charge in [-0.05, 0) is 0 Å². The Bertz CT molecular complexity index is 499. The monoisotopic (exact) mass is 203 g/mol. The average molecular weight is 203 g/mol. The molecule has 3 heterocycles. The second kappa shape index (κ2) is 3.03. The van der Waals surface area contributed by atoms with Gasteiger partial charge in [0.15, 0.2) is 5.78 Å². The Hall–Kier alpha value is -1.95. The number of aromatic nitrogens is 4. The number of carbonyl (C=O) groups excluding carboxylic acids is 1. The number of H-pyrrole nitrogens is 1. The van der Waals surface area contributed by atoms with Gasteiger partial charge in [-0.25, -0.2) is 4.68 Å². The minimum absolute atomic E-state index is 0.0852. The molecule has 0 radical (unpaired) electrons. The lowest BCUT2D eigenvalue weighted by atomic mass is 10.1. The highest BCUT2D eigenvalue weighted by Crippen LogP contribution is 2.13. The molecule has 3 rings (SSSR count). The number of carbonyl (C=O) groups is 1. The Morgan fingerprint density at radius 2 is 2.33 bits per heavy atom. The first-order valence-electron chi connectivity index (χ1n) is 4.67. The van der Waals surface area contributed by atoms with Gasteiger partial charge in [0.1, 0.15) is 5.82 Å². The van der Waals surface area contributed by atoms with Crippen LogP contribution in [0.25, 0.3) is 5.82 Å². The molecule has 6 heteroatoms. The lowest BCUT2D eigenvalue weighted by Gasteiger charge is -2.08. The standard InChI is InChI=1S/C9H9N5O/c15-8-4-10-3-7-6(8)5-14(13-7)9-1-2-11-12-9/h1-2,5,10H,3-4H2,(H,11,12). The summed E-state index contributed by atoms with van der Waals surface area (Å²) in [6.07, 6.45) is 3.39. The summed E-state index contributed by atoms with van der Waals surface area (Å²) in [6, 6.07) is 1.80. The summed E-state index contributed by atoms with van der Waals surface area (Å²) in [7, 11) is 0. The van der Waals surface area contributed by atoms with E-state index in [4.69, 9.17) is 0 Å². The summed E-state index contributed by atoms with van der Waals surface area (Å²) in [4.78, 5) is 11.5. The second-order valence-corrected chi connectivity index (χ2v) is 3.40. The van der Waals surface area contributed by atoms with Crippen LogP contribution in [0, 0.1) is 0 Å². The van der Waals surface area contributed by atoms with Gasteiger partial charge in [-0.2, -0.15) is 10.2 Å². The smallest absolute Gasteiger partial charge is 0.180 e. The molecule has 0 aromatic carbocycles. The number of nitrogens with zero attached hydrogens (tertiary/aromatic N) is 3. The Labute approximate surface area is 85.3 Å². The molecule has 0 atom stereocenters. The maximum atomic E-state index is 11.5. The first-order valence-corrected chi connectivity index (χ1v) is 4.67. The van der Waals surface area contributed by atoms with E-state index in [1.165, 1.54) is 0 Å². The number of aromatic amines is 1. The second-order valence-electron chi connectivity index (χ2n) is 3.40. The van der Waals surface area contributed by atoms with Crippen molar-refractivity contribution >= 4 is 5.78 Å². The zero-order chi connectivity index (χ0) is 10.3. The fourth-order valence-corrected chi connectivity index (χ4v) is 1.66. The SMILES string of the molecule is O=C1CNCc2nn(-c3ccn[nH]3)cc21. The highest BCUT2D eigenvalue weighted by Gasteiger charge is 2.20. The van der Waals surface area contributed by atoms with Gasteiger partial charge in [0.05, 0.1) is 24.0 Å². The molecule has 0 bridgehead atoms. The van der Waals surface area contributed by atoms with Gasteiger partial charge >= 0.3 is 0 Å². The Morgan fingerprint density at radius 1 is 1.40 bits per heavy atom. The predicted molar refractivity (Wildman–Crippen MR) is 51.7 cm³/mol. The Balaban J connectivity index is 2.09. The van der Waals surface area contributed by atoms with Crippen LogP contribution in [-0.2, 0) is 6.54 Å². The Morgan fingerprint density at radius 3 is 3.07 bits per heavy atom. The van der Waals surface area contributed by atoms with E-state index in [1.54, 1.807) is 23.1 Å². The zero-order valence-electron chi connectivity index (χ0n) is 7.90. The van der Waals surface area contributed by atoms with Crippen LogP contribution in [0.5, 0.6) is 0 Å². The number of rotatable bonds is 1. The first-order chi connectivity index (χ1) is 7.34. The third kappa shape index (κ3) is 1.26. The molecule has 0 amide bonds. The molecule has 0 saturated heterocycles. The number of nitrogens with one attached hydrogen (secondary N) is 2. The normalized spacial score (nSPS) is 15.3. The molecule has 0 spiro atoms. The van der Waals surface area contributed by atoms with Crippen molar-refractivity contribution in [3.05, 3.63) is 29.7 Å². The van der Waals surface area contributed by atoms with Crippen LogP contribution in [0.2, 0.25) is 0 Å². The van der Waals surface area contributed by atoms with Crippen molar-refractivity contribution in [2.45, 2.75) is 6.54 Å². The van der Waals surface area contributed by atoms with E-state index < -0.39 is 0 Å². The quantitative estimate of drug-likeness (QED) is 0.677. The summed E-state index contributed by atoms with van der Waals surface area (Å²) < 4.78 is 1.64. The fraction of sp³-hybridized carbons (Fsp3) is 0.222. The van der Waals surface area contributed by atoms with Crippen molar-refractivity contribution < 1.29 is 4.79 Å². The van der Waals surface area contributed by atoms with E-state index in [9.17, 15) is 4.79 Å². The summed E-state index contributed by atoms with van der Waals surface area (Å²) in [6.45, 7) is 1.03. The molecule has 1 aliphatic rings. The molecule has 2 aromatic heterocycles. The van der Waals surface area contributed by atoms with Crippen LogP contribution in [0.4, 0.5) is 0 Å². The average Bonchev–Trinajstić information content (AvgIpc) is 2.86. The first kappa shape index (κ1) is 8.37. The molecule has 0 aliphatic carbocycles. The number of Topliss-reactive ketones (excluding diaryl/α,β-unsaturated/α-hetero) is 1. The van der Waals surface area contributed by atoms with Crippen molar-refractivity contribution in [3.8, 4) is 5.82 Å². The fourth-order valence-electron chi connectivity index (χ4n) is 1.66. The van der Waals surface area contributed by atoms with E-state index in [0.29, 0.717) is 18.7 Å². The Kier molecular flexibility index (Phi) is 1.69. The predicted octanol–water partition coefficient (Wildman–Crippen LogP) is -0.119. The molecular weight excluding hydrogens is 194 g/mol. The lowest BCUT2D eigenvalue weighted by molar-refractivity contribution is 0.0982. The maximum absolute atomic E-state index is 11.5. The van der Waals surface area contributed by atoms with E-state index in [2.05, 4.69) is 20.6 Å². The minimum Gasteiger partial charge on any atom is -0.304 e. The van der Waals surface area contributed by atoms with Crippen molar-refractivity contribution in [1.82, 2.24) is 25.3 Å². The van der Waals surface area contributed by atoms with Gasteiger partial charge in [0.2, 0.25) is 0 Å². The van der Waals surface area contributed by atoms with E-state index in [-0.39, 0.29) is 5.78 Å². The number of hydrogen-bond acceptors (Lipinski definition) is 4. The molecular formula is C9H9N5O. The van der Waals surface area contributed by atoms with Crippen LogP contribution in [0.1, 0.15) is 16.1 Å². The maximum Gasteiger partial charge on any atom is 0.180 e. The van der Waals surface area contributed by atoms with Crippen molar-refractivity contribution in [3.63, 3.8) is 0 Å². The largest absolute Gasteiger partial charge is 0.304 e. The summed E-state index contributed by atoms with van der Waals surface area (Å²) in [5.41, 5.74) is 1.49. The van der Waals surface area contributed by atoms with Crippen LogP contribution in [-0.4, -0.2) is 32.3 Å². The van der Waals surface area contributed by atoms with Crippen LogP contribution >= 0.6 is 0 Å². The topological polar surface area (TPSA) is 75.6 Å². The molecule has 76 valence electrons. The van der Waals surface area contributed by atoms with Crippen LogP contribution in [0.15, 0.2) is 18.5 Å². The van der Waals surface area contributed by atoms with Crippen molar-refractivity contribution in [1.29, 1.82) is 0 Å². The summed E-state index contributed by atoms with van der Waals surface area (Å²) in [5.74, 6) is 0.846. The molecule has 0 fully saturated rings. The third-order valence-electron chi connectivity index (χ3n) is 2.40. The zero-order valence-corrected chi connectivity index (χ0v) is 7.90. The molecule has 2 aromatic rings. The van der Waals surface area contributed by atoms with Gasteiger partial charge in [0.25, 0.3) is 0 Å². The van der Waals surface area contributed by atoms with Crippen molar-refractivity contribution in [2.75, 3.05) is 6.54 Å². The van der Waals surface area contributed by atoms with Gasteiger partial charge < -0.3 is 5.32 Å². The summed E-state index contributed by atoms with van der Waals surface area (Å²) >= 11 is 0. The number of hydrogen-bond donors (Lipinski definition) is 2. The van der Waals surface area contributed by atoms with E-state index in [1.807, 2.05) is 0 Å². The van der Waals surface area contributed by atoms with Crippen molar-refractivity contribution in [2.24, 2.45) is 0 Å². The minimum atomic E-state index is 0.0852. The van der Waals surface area contributed by atoms with Gasteiger partial charge in [0, 0.05) is 18.8 Å². The van der Waals surface area contributed by atoms with E-state index >= 15 is 0 Å². The molecule has 2 N–H and O–H groups in total. The molecule has 0 unspecified atom stereocenters. The van der Waals surface area contributed by atoms with Gasteiger partial charge in [-0.15, -0.1) is 0 Å². The van der Waals surface area contributed by atoms with E-state index in [0.717, 1.165) is 11.5 Å². The van der Waals surface area contributed by atoms with Gasteiger partial charge in [-0.3, -0.25) is 9.89 Å². The van der Waals surface area contributed by atoms with Crippen LogP contribution < -0.4 is 5.32 Å². The number of ketones is 1. The van der Waals surface area contributed by atoms with Crippen LogP contribution in [0.3, 0.4) is 0 Å². The van der Waals surface area contributed by atoms with Gasteiger partial charge in [-0.1, -0.05) is 0 Å². The number of fused-ring (bicyclic) bond motifs is 1. The molecule has 6 nitrogen and oxygen atoms in total. The summed E-state index contributed by atoms with van der Waals surface area (Å²) in [5, 5.41) is 13.9. The lowest BCUT2D eigenvalue weighted by Crippen LogP contribution is -2.29.